The maximum Gasteiger partial charge on any atom is 0.262 e. The summed E-state index contributed by atoms with van der Waals surface area (Å²) < 4.78 is 146. The van der Waals surface area contributed by atoms with Gasteiger partial charge in [0.25, 0.3) is 5.69 Å². The Morgan fingerprint density at radius 1 is 0.636 bits per heavy atom. The largest absolute Gasteiger partial charge is 0.262 e. The molecule has 216 valence electrons. The molecule has 2 aliphatic carbocycles. The van der Waals surface area contributed by atoms with Gasteiger partial charge in [0.1, 0.15) is 45.9 Å². The van der Waals surface area contributed by atoms with Crippen molar-refractivity contribution in [2.45, 2.75) is 12.8 Å². The number of nitriles is 2. The van der Waals surface area contributed by atoms with E-state index in [-0.39, 0.29) is 0 Å². The van der Waals surface area contributed by atoms with Crippen molar-refractivity contribution >= 4 is 28.6 Å². The Kier molecular flexibility index (Phi) is 6.95. The highest BCUT2D eigenvalue weighted by Gasteiger charge is 2.35. The van der Waals surface area contributed by atoms with Crippen molar-refractivity contribution in [1.82, 2.24) is 9.97 Å². The number of hydrogen-bond donors (Lipinski definition) is 0. The van der Waals surface area contributed by atoms with E-state index in [1.54, 1.807) is 0 Å². The molecule has 0 amide bonds. The SMILES string of the molecule is [C-]#[N+]/C(=C1/Cc2nc3c(nc2=C1F)C/C(=C(/C#N)c1c(F)c(F)c(C#N)c(F)c1F)C=3F)c1c(F)c(F)c([N+]#[C-])c(F)c1F. The molecule has 0 aliphatic heterocycles. The van der Waals surface area contributed by atoms with Crippen LogP contribution in [0.25, 0.3) is 32.6 Å². The minimum absolute atomic E-state index is 0.473. The lowest BCUT2D eigenvalue weighted by atomic mass is 9.96. The zero-order chi connectivity index (χ0) is 32.4. The second kappa shape index (κ2) is 10.4. The Labute approximate surface area is 237 Å². The Morgan fingerprint density at radius 3 is 1.52 bits per heavy atom. The summed E-state index contributed by atoms with van der Waals surface area (Å²) in [5, 5.41) is 16.9. The smallest absolute Gasteiger partial charge is 0.246 e. The van der Waals surface area contributed by atoms with Gasteiger partial charge >= 0.3 is 0 Å². The summed E-state index contributed by atoms with van der Waals surface area (Å²) in [6.07, 6.45) is -1.68. The lowest BCUT2D eigenvalue weighted by molar-refractivity contribution is 0.446. The zero-order valence-electron chi connectivity index (χ0n) is 20.9. The van der Waals surface area contributed by atoms with Crippen LogP contribution in [-0.4, -0.2) is 9.97 Å². The van der Waals surface area contributed by atoms with Crippen LogP contribution in [-0.2, 0) is 12.8 Å². The van der Waals surface area contributed by atoms with Gasteiger partial charge in [-0.25, -0.2) is 63.6 Å². The van der Waals surface area contributed by atoms with Crippen molar-refractivity contribution in [2.75, 3.05) is 0 Å². The van der Waals surface area contributed by atoms with E-state index in [0.29, 0.717) is 0 Å². The van der Waals surface area contributed by atoms with Gasteiger partial charge in [-0.15, -0.1) is 0 Å². The molecule has 2 aliphatic rings. The third-order valence-electron chi connectivity index (χ3n) is 6.70. The third kappa shape index (κ3) is 3.92. The van der Waals surface area contributed by atoms with E-state index in [4.69, 9.17) is 18.4 Å². The molecule has 0 unspecified atom stereocenters. The number of fused-ring (bicyclic) bond motifs is 2. The molecule has 0 spiro atoms. The number of allylic oxidation sites excluding steroid dienone is 3. The van der Waals surface area contributed by atoms with Gasteiger partial charge in [0.15, 0.2) is 40.7 Å². The normalized spacial score (nSPS) is 15.7. The van der Waals surface area contributed by atoms with E-state index in [1.807, 2.05) is 0 Å². The molecule has 1 heterocycles. The van der Waals surface area contributed by atoms with Gasteiger partial charge in [-0.3, -0.25) is 0 Å². The Bertz CT molecular complexity index is 2060. The Balaban J connectivity index is 1.71. The molecule has 0 saturated carbocycles. The van der Waals surface area contributed by atoms with Crippen molar-refractivity contribution in [2.24, 2.45) is 0 Å². The molecular formula is C28H4F10N6. The predicted octanol–water partition coefficient (Wildman–Crippen LogP) is 5.59. The van der Waals surface area contributed by atoms with Crippen LogP contribution in [0.1, 0.15) is 28.1 Å². The van der Waals surface area contributed by atoms with Crippen LogP contribution in [0, 0.1) is 82.3 Å². The molecule has 1 aromatic heterocycles. The monoisotopic (exact) mass is 614 g/mol. The number of halogens is 10. The van der Waals surface area contributed by atoms with Crippen LogP contribution in [0.5, 0.6) is 0 Å². The molecule has 0 bridgehead atoms. The van der Waals surface area contributed by atoms with Crippen molar-refractivity contribution in [3.8, 4) is 12.1 Å². The van der Waals surface area contributed by atoms with E-state index in [9.17, 15) is 40.4 Å². The standard InChI is InChI=1S/C28H4F10N6/c1-41-25(14-21(35)23(37)28(42-2)24(38)22(14)36)8-4-12-27(18(8)32)43-11-3-7(17(31)26(11)44-12)9(5-39)13-19(33)15(29)10(6-40)16(30)20(13)34/h3-4H2/b9-7+,25-8-. The number of nitrogens with zero attached hydrogens (tertiary/aromatic N) is 6. The van der Waals surface area contributed by atoms with Crippen LogP contribution in [0.15, 0.2) is 11.1 Å². The van der Waals surface area contributed by atoms with Crippen LogP contribution < -0.4 is 10.7 Å². The van der Waals surface area contributed by atoms with Crippen molar-refractivity contribution in [1.29, 1.82) is 10.5 Å². The minimum atomic E-state index is -2.17. The van der Waals surface area contributed by atoms with E-state index in [1.165, 1.54) is 6.07 Å². The lowest BCUT2D eigenvalue weighted by Gasteiger charge is -2.10. The number of aromatic nitrogens is 2. The van der Waals surface area contributed by atoms with Gasteiger partial charge in [0, 0.05) is 24.0 Å². The van der Waals surface area contributed by atoms with Gasteiger partial charge in [-0.1, -0.05) is 0 Å². The highest BCUT2D eigenvalue weighted by molar-refractivity contribution is 5.90. The first-order valence-electron chi connectivity index (χ1n) is 11.5. The predicted molar refractivity (Wildman–Crippen MR) is 127 cm³/mol. The third-order valence-corrected chi connectivity index (χ3v) is 6.70. The number of rotatable bonds is 2. The summed E-state index contributed by atoms with van der Waals surface area (Å²) in [4.78, 5) is 12.8. The molecule has 0 saturated heterocycles. The maximum atomic E-state index is 15.5. The maximum absolute atomic E-state index is 15.5. The van der Waals surface area contributed by atoms with Crippen LogP contribution in [0.4, 0.5) is 49.6 Å². The van der Waals surface area contributed by atoms with Crippen LogP contribution >= 0.6 is 0 Å². The summed E-state index contributed by atoms with van der Waals surface area (Å²) in [5.74, 6) is -20.2. The summed E-state index contributed by atoms with van der Waals surface area (Å²) in [7, 11) is 0. The second-order valence-electron chi connectivity index (χ2n) is 8.91. The first-order valence-corrected chi connectivity index (χ1v) is 11.5. The molecule has 44 heavy (non-hydrogen) atoms. The molecule has 16 heteroatoms. The highest BCUT2D eigenvalue weighted by Crippen LogP contribution is 2.39. The van der Waals surface area contributed by atoms with Crippen molar-refractivity contribution < 1.29 is 43.9 Å². The van der Waals surface area contributed by atoms with E-state index >= 15 is 8.78 Å². The summed E-state index contributed by atoms with van der Waals surface area (Å²) in [6.45, 7) is 14.0. The molecule has 0 fully saturated rings. The van der Waals surface area contributed by atoms with Crippen LogP contribution in [0.3, 0.4) is 0 Å². The first kappa shape index (κ1) is 29.5. The van der Waals surface area contributed by atoms with Gasteiger partial charge in [-0.05, 0) is 0 Å². The lowest BCUT2D eigenvalue weighted by Crippen LogP contribution is -2.25. The summed E-state index contributed by atoms with van der Waals surface area (Å²) >= 11 is 0. The van der Waals surface area contributed by atoms with Gasteiger partial charge in [-0.2, -0.15) is 10.5 Å². The quantitative estimate of drug-likeness (QED) is 0.163. The molecule has 0 atom stereocenters. The second-order valence-corrected chi connectivity index (χ2v) is 8.91. The van der Waals surface area contributed by atoms with Gasteiger partial charge < -0.3 is 0 Å². The van der Waals surface area contributed by atoms with E-state index in [0.717, 1.165) is 6.07 Å². The molecule has 0 radical (unpaired) electrons. The first-order chi connectivity index (χ1) is 20.8. The van der Waals surface area contributed by atoms with Crippen LogP contribution in [0.2, 0.25) is 0 Å². The molecule has 3 aromatic rings. The van der Waals surface area contributed by atoms with E-state index in [2.05, 4.69) is 19.7 Å². The van der Waals surface area contributed by atoms with Gasteiger partial charge in [0.2, 0.25) is 5.70 Å². The highest BCUT2D eigenvalue weighted by atomic mass is 19.2. The Morgan fingerprint density at radius 2 is 1.09 bits per heavy atom. The molecular weight excluding hydrogens is 610 g/mol. The van der Waals surface area contributed by atoms with Gasteiger partial charge in [0.05, 0.1) is 41.2 Å². The minimum Gasteiger partial charge on any atom is -0.246 e. The summed E-state index contributed by atoms with van der Waals surface area (Å²) in [5.41, 5.74) is -11.7. The zero-order valence-corrected chi connectivity index (χ0v) is 20.9. The average molecular weight is 614 g/mol. The Hall–Kier alpha value is -6.00. The topological polar surface area (TPSA) is 82.1 Å². The number of benzene rings is 2. The fourth-order valence-corrected chi connectivity index (χ4v) is 4.69. The fourth-order valence-electron chi connectivity index (χ4n) is 4.69. The molecule has 0 N–H and O–H groups in total. The van der Waals surface area contributed by atoms with Crippen molar-refractivity contribution in [3.05, 3.63) is 119 Å². The molecule has 6 nitrogen and oxygen atoms in total. The molecule has 5 rings (SSSR count). The molecule has 2 aromatic carbocycles. The summed E-state index contributed by atoms with van der Waals surface area (Å²) in [6, 6.07) is 2.15. The average Bonchev–Trinajstić information content (AvgIpc) is 3.50. The van der Waals surface area contributed by atoms with E-state index < -0.39 is 138 Å². The number of hydrogen-bond acceptors (Lipinski definition) is 4. The fraction of sp³-hybridized carbons (Fsp3) is 0.0714. The van der Waals surface area contributed by atoms with Crippen molar-refractivity contribution in [3.63, 3.8) is 0 Å².